The number of aryl methyl sites for hydroxylation is 1. The number of carboxylic acids is 1. The molecule has 0 bridgehead atoms. The zero-order valence-corrected chi connectivity index (χ0v) is 21.5. The minimum atomic E-state index is -1.12. The molecule has 7 heteroatoms. The Morgan fingerprint density at radius 3 is 2.44 bits per heavy atom. The van der Waals surface area contributed by atoms with Gasteiger partial charge in [0, 0.05) is 48.4 Å². The maximum Gasteiger partial charge on any atom is 0.337 e. The van der Waals surface area contributed by atoms with Crippen LogP contribution in [0.1, 0.15) is 43.7 Å². The smallest absolute Gasteiger partial charge is 0.337 e. The van der Waals surface area contributed by atoms with Gasteiger partial charge >= 0.3 is 5.97 Å². The van der Waals surface area contributed by atoms with Crippen molar-refractivity contribution >= 4 is 34.2 Å². The molecule has 0 saturated carbocycles. The van der Waals surface area contributed by atoms with E-state index in [4.69, 9.17) is 21.1 Å². The number of carboxylic acid groups (broad SMARTS) is 1. The van der Waals surface area contributed by atoms with Crippen LogP contribution in [-0.2, 0) is 20.8 Å². The zero-order chi connectivity index (χ0) is 24.8. The number of hydrogen-bond acceptors (Lipinski definition) is 4. The second-order valence-corrected chi connectivity index (χ2v) is 10.3. The molecular formula is C27H33ClN2O4. The van der Waals surface area contributed by atoms with Crippen LogP contribution in [0.25, 0.3) is 22.0 Å². The van der Waals surface area contributed by atoms with Gasteiger partial charge in [-0.3, -0.25) is 0 Å². The molecule has 1 N–H and O–H groups in total. The van der Waals surface area contributed by atoms with Crippen molar-refractivity contribution < 1.29 is 19.4 Å². The summed E-state index contributed by atoms with van der Waals surface area (Å²) in [5.74, 6) is -1.00. The minimum absolute atomic E-state index is 0.593. The minimum Gasteiger partial charge on any atom is -0.479 e. The molecule has 2 heterocycles. The van der Waals surface area contributed by atoms with Crippen molar-refractivity contribution in [2.45, 2.75) is 52.9 Å². The fourth-order valence-electron chi connectivity index (χ4n) is 5.03. The topological polar surface area (TPSA) is 63.9 Å². The summed E-state index contributed by atoms with van der Waals surface area (Å²) in [6, 6.07) is 9.77. The fraction of sp³-hybridized carbons (Fsp3) is 0.444. The van der Waals surface area contributed by atoms with Crippen LogP contribution >= 0.6 is 11.6 Å². The van der Waals surface area contributed by atoms with Crippen LogP contribution in [-0.4, -0.2) is 48.1 Å². The number of hydrogen-bond donors (Lipinski definition) is 1. The summed E-state index contributed by atoms with van der Waals surface area (Å²) in [7, 11) is 1.70. The van der Waals surface area contributed by atoms with Gasteiger partial charge in [-0.25, -0.2) is 4.79 Å². The first kappa shape index (κ1) is 24.6. The third-order valence-electron chi connectivity index (χ3n) is 6.39. The highest BCUT2D eigenvalue weighted by atomic mass is 35.5. The van der Waals surface area contributed by atoms with Gasteiger partial charge in [-0.05, 0) is 69.5 Å². The zero-order valence-electron chi connectivity index (χ0n) is 20.7. The molecule has 1 atom stereocenters. The first-order chi connectivity index (χ1) is 16.0. The highest BCUT2D eigenvalue weighted by molar-refractivity contribution is 6.30. The predicted octanol–water partition coefficient (Wildman–Crippen LogP) is 5.99. The first-order valence-electron chi connectivity index (χ1n) is 11.6. The van der Waals surface area contributed by atoms with Crippen LogP contribution in [0, 0.1) is 13.8 Å². The highest BCUT2D eigenvalue weighted by Crippen LogP contribution is 2.47. The Labute approximate surface area is 206 Å². The SMILES string of the molecule is COCCN1CCn2c(C)cc3c(-c4ccc(Cl)cc4)c([C@H](OC(C)(C)C)C(=O)O)c(C)c1c32. The molecule has 1 aliphatic rings. The van der Waals surface area contributed by atoms with E-state index in [9.17, 15) is 9.90 Å². The maximum atomic E-state index is 12.7. The number of rotatable bonds is 7. The molecule has 0 unspecified atom stereocenters. The number of anilines is 1. The van der Waals surface area contributed by atoms with Crippen LogP contribution in [0.5, 0.6) is 0 Å². The molecule has 6 nitrogen and oxygen atoms in total. The van der Waals surface area contributed by atoms with Gasteiger partial charge < -0.3 is 24.0 Å². The number of methoxy groups -OCH3 is 1. The van der Waals surface area contributed by atoms with Crippen LogP contribution < -0.4 is 4.90 Å². The lowest BCUT2D eigenvalue weighted by molar-refractivity contribution is -0.160. The van der Waals surface area contributed by atoms with Gasteiger partial charge in [0.05, 0.1) is 23.4 Å². The molecule has 0 fully saturated rings. The summed E-state index contributed by atoms with van der Waals surface area (Å²) in [4.78, 5) is 15.0. The molecule has 0 spiro atoms. The highest BCUT2D eigenvalue weighted by Gasteiger charge is 2.35. The van der Waals surface area contributed by atoms with E-state index in [1.54, 1.807) is 7.11 Å². The summed E-state index contributed by atoms with van der Waals surface area (Å²) in [6.07, 6.45) is -1.12. The monoisotopic (exact) mass is 484 g/mol. The standard InChI is InChI=1S/C27H33ClN2O4/c1-16-15-20-22(18-7-9-19(28)10-8-18)21(25(26(31)32)34-27(3,4)5)17(2)23-24(20)30(16)12-11-29(23)13-14-33-6/h7-10,15,25H,11-14H2,1-6H3,(H,31,32)/t25-/m0/s1. The number of aliphatic carboxylic acids is 1. The van der Waals surface area contributed by atoms with Crippen molar-refractivity contribution in [1.82, 2.24) is 4.57 Å². The van der Waals surface area contributed by atoms with E-state index in [1.807, 2.05) is 52.0 Å². The summed E-state index contributed by atoms with van der Waals surface area (Å²) in [5, 5.41) is 12.0. The Morgan fingerprint density at radius 1 is 1.18 bits per heavy atom. The molecule has 3 aromatic rings. The largest absolute Gasteiger partial charge is 0.479 e. The second kappa shape index (κ2) is 9.25. The first-order valence-corrected chi connectivity index (χ1v) is 12.0. The number of nitrogens with zero attached hydrogens (tertiary/aromatic N) is 2. The van der Waals surface area contributed by atoms with Crippen LogP contribution in [0.2, 0.25) is 5.02 Å². The summed E-state index contributed by atoms with van der Waals surface area (Å²) < 4.78 is 13.9. The van der Waals surface area contributed by atoms with Crippen molar-refractivity contribution in [2.24, 2.45) is 0 Å². The molecule has 0 amide bonds. The van der Waals surface area contributed by atoms with Crippen molar-refractivity contribution in [3.8, 4) is 11.1 Å². The Morgan fingerprint density at radius 2 is 1.85 bits per heavy atom. The van der Waals surface area contributed by atoms with E-state index in [0.717, 1.165) is 58.6 Å². The van der Waals surface area contributed by atoms with Gasteiger partial charge in [-0.2, -0.15) is 0 Å². The molecule has 4 rings (SSSR count). The summed E-state index contributed by atoms with van der Waals surface area (Å²) in [6.45, 7) is 12.8. The van der Waals surface area contributed by atoms with E-state index < -0.39 is 17.7 Å². The van der Waals surface area contributed by atoms with Crippen LogP contribution in [0.4, 0.5) is 5.69 Å². The second-order valence-electron chi connectivity index (χ2n) is 9.90. The fourth-order valence-corrected chi connectivity index (χ4v) is 5.16. The van der Waals surface area contributed by atoms with E-state index >= 15 is 0 Å². The van der Waals surface area contributed by atoms with Gasteiger partial charge in [-0.15, -0.1) is 0 Å². The van der Waals surface area contributed by atoms with E-state index in [0.29, 0.717) is 17.2 Å². The molecular weight excluding hydrogens is 452 g/mol. The van der Waals surface area contributed by atoms with E-state index in [2.05, 4.69) is 22.5 Å². The summed E-state index contributed by atoms with van der Waals surface area (Å²) >= 11 is 6.20. The molecule has 0 radical (unpaired) electrons. The Hall–Kier alpha value is -2.54. The molecule has 34 heavy (non-hydrogen) atoms. The van der Waals surface area contributed by atoms with Crippen molar-refractivity contribution in [1.29, 1.82) is 0 Å². The Balaban J connectivity index is 2.12. The van der Waals surface area contributed by atoms with Gasteiger partial charge in [0.15, 0.2) is 6.10 Å². The molecule has 0 aliphatic carbocycles. The summed E-state index contributed by atoms with van der Waals surface area (Å²) in [5.41, 5.74) is 6.12. The molecule has 0 saturated heterocycles. The van der Waals surface area contributed by atoms with E-state index in [-0.39, 0.29) is 0 Å². The van der Waals surface area contributed by atoms with Gasteiger partial charge in [0.25, 0.3) is 0 Å². The Bertz CT molecular complexity index is 1220. The van der Waals surface area contributed by atoms with Gasteiger partial charge in [-0.1, -0.05) is 23.7 Å². The lowest BCUT2D eigenvalue weighted by atomic mass is 9.87. The van der Waals surface area contributed by atoms with Crippen molar-refractivity contribution in [3.05, 3.63) is 52.2 Å². The number of halogens is 1. The predicted molar refractivity (Wildman–Crippen MR) is 137 cm³/mol. The average molecular weight is 485 g/mol. The lowest BCUT2D eigenvalue weighted by Crippen LogP contribution is -2.36. The Kier molecular flexibility index (Phi) is 6.69. The number of carbonyl (C=O) groups is 1. The van der Waals surface area contributed by atoms with E-state index in [1.165, 1.54) is 0 Å². The molecule has 2 aromatic carbocycles. The average Bonchev–Trinajstić information content (AvgIpc) is 3.10. The van der Waals surface area contributed by atoms with Crippen LogP contribution in [0.3, 0.4) is 0 Å². The van der Waals surface area contributed by atoms with Crippen molar-refractivity contribution in [2.75, 3.05) is 31.7 Å². The third-order valence-corrected chi connectivity index (χ3v) is 6.64. The molecule has 1 aromatic heterocycles. The van der Waals surface area contributed by atoms with Crippen molar-refractivity contribution in [3.63, 3.8) is 0 Å². The lowest BCUT2D eigenvalue weighted by Gasteiger charge is -2.36. The quantitative estimate of drug-likeness (QED) is 0.446. The van der Waals surface area contributed by atoms with Gasteiger partial charge in [0.2, 0.25) is 0 Å². The third kappa shape index (κ3) is 4.42. The van der Waals surface area contributed by atoms with Crippen LogP contribution in [0.15, 0.2) is 30.3 Å². The van der Waals surface area contributed by atoms with Gasteiger partial charge in [0.1, 0.15) is 0 Å². The number of ether oxygens (including phenoxy) is 2. The normalized spacial score (nSPS) is 14.6. The molecule has 182 valence electrons. The maximum absolute atomic E-state index is 12.7. The number of aromatic nitrogens is 1. The molecule has 1 aliphatic heterocycles. The number of benzene rings is 2.